The Hall–Kier alpha value is -3.13. The Morgan fingerprint density at radius 3 is 2.44 bits per heavy atom. The molecule has 32 heavy (non-hydrogen) atoms. The molecule has 1 saturated carbocycles. The van der Waals surface area contributed by atoms with E-state index in [0.29, 0.717) is 17.7 Å². The number of benzene rings is 2. The summed E-state index contributed by atoms with van der Waals surface area (Å²) < 4.78 is 34.4. The molecule has 1 aliphatic carbocycles. The predicted molar refractivity (Wildman–Crippen MR) is 122 cm³/mol. The second kappa shape index (κ2) is 8.43. The van der Waals surface area contributed by atoms with Gasteiger partial charge in [0.15, 0.2) is 0 Å². The zero-order valence-electron chi connectivity index (χ0n) is 18.6. The number of amides is 2. The zero-order chi connectivity index (χ0) is 23.7. The molecule has 2 aromatic rings. The van der Waals surface area contributed by atoms with Gasteiger partial charge >= 0.3 is 0 Å². The lowest BCUT2D eigenvalue weighted by molar-refractivity contribution is -0.128. The molecule has 7 nitrogen and oxygen atoms in total. The van der Waals surface area contributed by atoms with E-state index in [1.54, 1.807) is 36.4 Å². The van der Waals surface area contributed by atoms with Crippen molar-refractivity contribution >= 4 is 21.8 Å². The molecule has 1 aliphatic rings. The van der Waals surface area contributed by atoms with E-state index < -0.39 is 26.8 Å². The number of carbonyl (C=O) groups is 2. The maximum Gasteiger partial charge on any atom is 0.267 e. The third kappa shape index (κ3) is 4.27. The summed E-state index contributed by atoms with van der Waals surface area (Å²) in [6.07, 6.45) is 2.25. The van der Waals surface area contributed by atoms with Crippen molar-refractivity contribution < 1.29 is 22.7 Å². The molecule has 2 amide bonds. The van der Waals surface area contributed by atoms with Crippen LogP contribution in [0.4, 0.5) is 0 Å². The lowest BCUT2D eigenvalue weighted by atomic mass is 9.75. The minimum absolute atomic E-state index is 0.0442. The van der Waals surface area contributed by atoms with Gasteiger partial charge in [-0.2, -0.15) is 0 Å². The molecule has 2 N–H and O–H groups in total. The topological polar surface area (TPSA) is 102 Å². The number of hydrogen-bond donors (Lipinski definition) is 2. The second-order valence-electron chi connectivity index (χ2n) is 8.86. The van der Waals surface area contributed by atoms with E-state index >= 15 is 0 Å². The fourth-order valence-corrected chi connectivity index (χ4v) is 5.20. The first-order chi connectivity index (χ1) is 15.0. The summed E-state index contributed by atoms with van der Waals surface area (Å²) in [5.41, 5.74) is -0.906. The van der Waals surface area contributed by atoms with Gasteiger partial charge in [-0.05, 0) is 48.1 Å². The van der Waals surface area contributed by atoms with E-state index in [1.807, 2.05) is 20.8 Å². The van der Waals surface area contributed by atoms with Crippen molar-refractivity contribution in [2.45, 2.75) is 32.1 Å². The molecule has 0 bridgehead atoms. The summed E-state index contributed by atoms with van der Waals surface area (Å²) in [6, 6.07) is 12.4. The maximum atomic E-state index is 13.2. The average molecular weight is 457 g/mol. The average Bonchev–Trinajstić information content (AvgIpc) is 3.50. The van der Waals surface area contributed by atoms with Crippen LogP contribution in [0.1, 0.15) is 37.6 Å². The lowest BCUT2D eigenvalue weighted by Gasteiger charge is -2.30. The molecular weight excluding hydrogens is 428 g/mol. The van der Waals surface area contributed by atoms with Crippen LogP contribution in [0.15, 0.2) is 66.1 Å². The SMILES string of the molecule is C=C[C@@H]1C[C@@]1(C(=O)NS(=O)(=O)c1ccccc1Oc1cccc(C(=O)NC)c1)C(C)(C)C. The Kier molecular flexibility index (Phi) is 6.20. The molecule has 170 valence electrons. The summed E-state index contributed by atoms with van der Waals surface area (Å²) >= 11 is 0. The summed E-state index contributed by atoms with van der Waals surface area (Å²) in [7, 11) is -2.70. The number of allylic oxidation sites excluding steroid dienone is 1. The highest BCUT2D eigenvalue weighted by atomic mass is 32.2. The van der Waals surface area contributed by atoms with Crippen LogP contribution in [0.2, 0.25) is 0 Å². The minimum atomic E-state index is -4.21. The minimum Gasteiger partial charge on any atom is -0.456 e. The van der Waals surface area contributed by atoms with Gasteiger partial charge < -0.3 is 10.1 Å². The molecule has 0 radical (unpaired) electrons. The van der Waals surface area contributed by atoms with Crippen LogP contribution in [0.3, 0.4) is 0 Å². The van der Waals surface area contributed by atoms with Gasteiger partial charge in [0.05, 0.1) is 5.41 Å². The van der Waals surface area contributed by atoms with Crippen LogP contribution < -0.4 is 14.8 Å². The summed E-state index contributed by atoms with van der Waals surface area (Å²) in [5, 5.41) is 2.53. The smallest absolute Gasteiger partial charge is 0.267 e. The first kappa shape index (κ1) is 23.5. The number of para-hydroxylation sites is 1. The molecule has 0 unspecified atom stereocenters. The number of nitrogens with one attached hydrogen (secondary N) is 2. The summed E-state index contributed by atoms with van der Waals surface area (Å²) in [5.74, 6) is -0.594. The monoisotopic (exact) mass is 456 g/mol. The van der Waals surface area contributed by atoms with Crippen molar-refractivity contribution in [2.24, 2.45) is 16.7 Å². The number of hydrogen-bond acceptors (Lipinski definition) is 5. The standard InChI is InChI=1S/C24H28N2O5S/c1-6-17-15-24(17,23(2,3)4)22(28)26-32(29,30)20-13-8-7-12-19(20)31-18-11-9-10-16(14-18)21(27)25-5/h6-14,17H,1,15H2,2-5H3,(H,25,27)(H,26,28)/t17-,24-/m1/s1. The predicted octanol–water partition coefficient (Wildman–Crippen LogP) is 3.88. The van der Waals surface area contributed by atoms with Crippen LogP contribution in [0.25, 0.3) is 0 Å². The molecule has 0 aromatic heterocycles. The summed E-state index contributed by atoms with van der Waals surface area (Å²) in [6.45, 7) is 9.52. The van der Waals surface area contributed by atoms with E-state index in [9.17, 15) is 18.0 Å². The molecular formula is C24H28N2O5S. The van der Waals surface area contributed by atoms with Crippen LogP contribution >= 0.6 is 0 Å². The van der Waals surface area contributed by atoms with Crippen molar-refractivity contribution in [3.8, 4) is 11.5 Å². The van der Waals surface area contributed by atoms with E-state index in [4.69, 9.17) is 4.74 Å². The molecule has 2 aromatic carbocycles. The van der Waals surface area contributed by atoms with Crippen LogP contribution in [0, 0.1) is 16.7 Å². The fourth-order valence-electron chi connectivity index (χ4n) is 4.03. The Morgan fingerprint density at radius 1 is 1.16 bits per heavy atom. The lowest BCUT2D eigenvalue weighted by Crippen LogP contribution is -2.43. The molecule has 0 spiro atoms. The first-order valence-electron chi connectivity index (χ1n) is 10.2. The van der Waals surface area contributed by atoms with Gasteiger partial charge in [-0.3, -0.25) is 9.59 Å². The van der Waals surface area contributed by atoms with E-state index in [-0.39, 0.29) is 22.5 Å². The van der Waals surface area contributed by atoms with Gasteiger partial charge in [0.1, 0.15) is 16.4 Å². The van der Waals surface area contributed by atoms with Gasteiger partial charge in [-0.1, -0.05) is 45.0 Å². The summed E-state index contributed by atoms with van der Waals surface area (Å²) in [4.78, 5) is 24.8. The molecule has 0 saturated heterocycles. The third-order valence-electron chi connectivity index (χ3n) is 5.96. The van der Waals surface area contributed by atoms with Crippen molar-refractivity contribution in [3.63, 3.8) is 0 Å². The number of carbonyl (C=O) groups excluding carboxylic acids is 2. The number of ether oxygens (including phenoxy) is 1. The molecule has 1 fully saturated rings. The van der Waals surface area contributed by atoms with Crippen LogP contribution in [-0.4, -0.2) is 27.3 Å². The number of rotatable bonds is 7. The Bertz CT molecular complexity index is 1170. The Morgan fingerprint density at radius 2 is 1.84 bits per heavy atom. The van der Waals surface area contributed by atoms with E-state index in [0.717, 1.165) is 0 Å². The molecule has 3 rings (SSSR count). The van der Waals surface area contributed by atoms with Gasteiger partial charge in [0, 0.05) is 12.6 Å². The fraction of sp³-hybridized carbons (Fsp3) is 0.333. The largest absolute Gasteiger partial charge is 0.456 e. The van der Waals surface area contributed by atoms with E-state index in [2.05, 4.69) is 16.6 Å². The Balaban J connectivity index is 1.90. The quantitative estimate of drug-likeness (QED) is 0.616. The number of sulfonamides is 1. The normalized spacial score (nSPS) is 20.2. The van der Waals surface area contributed by atoms with Gasteiger partial charge in [0.25, 0.3) is 15.9 Å². The van der Waals surface area contributed by atoms with Crippen molar-refractivity contribution in [1.82, 2.24) is 10.0 Å². The first-order valence-corrected chi connectivity index (χ1v) is 11.7. The molecule has 8 heteroatoms. The third-order valence-corrected chi connectivity index (χ3v) is 7.33. The van der Waals surface area contributed by atoms with Crippen molar-refractivity contribution in [3.05, 3.63) is 66.7 Å². The second-order valence-corrected chi connectivity index (χ2v) is 10.5. The zero-order valence-corrected chi connectivity index (χ0v) is 19.5. The molecule has 0 heterocycles. The highest BCUT2D eigenvalue weighted by molar-refractivity contribution is 7.90. The van der Waals surface area contributed by atoms with Crippen molar-refractivity contribution in [1.29, 1.82) is 0 Å². The molecule has 0 aliphatic heterocycles. The maximum absolute atomic E-state index is 13.2. The van der Waals surface area contributed by atoms with Gasteiger partial charge in [-0.15, -0.1) is 6.58 Å². The van der Waals surface area contributed by atoms with Gasteiger partial charge in [-0.25, -0.2) is 13.1 Å². The van der Waals surface area contributed by atoms with Crippen molar-refractivity contribution in [2.75, 3.05) is 7.05 Å². The van der Waals surface area contributed by atoms with Crippen LogP contribution in [-0.2, 0) is 14.8 Å². The Labute approximate surface area is 188 Å². The van der Waals surface area contributed by atoms with Gasteiger partial charge in [0.2, 0.25) is 5.91 Å². The highest BCUT2D eigenvalue weighted by Crippen LogP contribution is 2.64. The highest BCUT2D eigenvalue weighted by Gasteiger charge is 2.65. The van der Waals surface area contributed by atoms with E-state index in [1.165, 1.54) is 25.2 Å². The molecule has 2 atom stereocenters. The van der Waals surface area contributed by atoms with Crippen LogP contribution in [0.5, 0.6) is 11.5 Å².